The standard InChI is InChI=1S/C15H25N5O4S/c1-12-10-20(11-13(2)24-12)25(21,22)19-8-6-18(7-9-19)15-16-5-4-14(17-15)23-3/h4-5,12-13H,6-11H2,1-3H3/t12-,13-/m1/s1. The molecular weight excluding hydrogens is 346 g/mol. The van der Waals surface area contributed by atoms with E-state index in [1.54, 1.807) is 19.4 Å². The van der Waals surface area contributed by atoms with Gasteiger partial charge < -0.3 is 14.4 Å². The highest BCUT2D eigenvalue weighted by Crippen LogP contribution is 2.20. The normalized spacial score (nSPS) is 26.6. The summed E-state index contributed by atoms with van der Waals surface area (Å²) in [7, 11) is -1.92. The van der Waals surface area contributed by atoms with Crippen LogP contribution in [0, 0.1) is 0 Å². The lowest BCUT2D eigenvalue weighted by atomic mass is 10.3. The lowest BCUT2D eigenvalue weighted by molar-refractivity contribution is -0.0455. The number of ether oxygens (including phenoxy) is 2. The van der Waals surface area contributed by atoms with Gasteiger partial charge in [0, 0.05) is 51.5 Å². The predicted molar refractivity (Wildman–Crippen MR) is 92.9 cm³/mol. The van der Waals surface area contributed by atoms with Gasteiger partial charge in [-0.2, -0.15) is 22.0 Å². The van der Waals surface area contributed by atoms with Gasteiger partial charge in [0.2, 0.25) is 11.8 Å². The van der Waals surface area contributed by atoms with E-state index in [1.807, 2.05) is 18.7 Å². The molecule has 3 rings (SSSR count). The minimum atomic E-state index is -3.47. The average molecular weight is 371 g/mol. The van der Waals surface area contributed by atoms with E-state index in [1.165, 1.54) is 8.61 Å². The molecule has 2 saturated heterocycles. The van der Waals surface area contributed by atoms with Gasteiger partial charge in [0.1, 0.15) is 0 Å². The predicted octanol–water partition coefficient (Wildman–Crippen LogP) is -0.0388. The Kier molecular flexibility index (Phi) is 5.42. The van der Waals surface area contributed by atoms with Crippen molar-refractivity contribution in [3.63, 3.8) is 0 Å². The second-order valence-corrected chi connectivity index (χ2v) is 8.30. The highest BCUT2D eigenvalue weighted by Gasteiger charge is 2.36. The zero-order valence-corrected chi connectivity index (χ0v) is 15.6. The third kappa shape index (κ3) is 4.02. The Morgan fingerprint density at radius 2 is 1.76 bits per heavy atom. The molecule has 0 bridgehead atoms. The van der Waals surface area contributed by atoms with E-state index in [-0.39, 0.29) is 12.2 Å². The molecule has 0 spiro atoms. The molecule has 2 aliphatic rings. The molecule has 0 saturated carbocycles. The van der Waals surface area contributed by atoms with Gasteiger partial charge in [-0.25, -0.2) is 4.98 Å². The summed E-state index contributed by atoms with van der Waals surface area (Å²) in [6.07, 6.45) is 1.45. The van der Waals surface area contributed by atoms with Crippen LogP contribution in [0.4, 0.5) is 5.95 Å². The van der Waals surface area contributed by atoms with E-state index in [0.717, 1.165) is 0 Å². The molecule has 2 atom stereocenters. The second kappa shape index (κ2) is 7.40. The Morgan fingerprint density at radius 1 is 1.12 bits per heavy atom. The molecule has 1 aromatic heterocycles. The summed E-state index contributed by atoms with van der Waals surface area (Å²) in [4.78, 5) is 10.5. The number of anilines is 1. The Balaban J connectivity index is 1.65. The van der Waals surface area contributed by atoms with Gasteiger partial charge in [-0.3, -0.25) is 0 Å². The molecule has 2 fully saturated rings. The topological polar surface area (TPSA) is 88.1 Å². The third-order valence-electron chi connectivity index (χ3n) is 4.39. The minimum Gasteiger partial charge on any atom is -0.481 e. The van der Waals surface area contributed by atoms with E-state index >= 15 is 0 Å². The molecule has 25 heavy (non-hydrogen) atoms. The summed E-state index contributed by atoms with van der Waals surface area (Å²) in [6, 6.07) is 1.69. The fraction of sp³-hybridized carbons (Fsp3) is 0.733. The van der Waals surface area contributed by atoms with Crippen LogP contribution in [0.2, 0.25) is 0 Å². The van der Waals surface area contributed by atoms with Crippen LogP contribution >= 0.6 is 0 Å². The molecule has 2 aliphatic heterocycles. The summed E-state index contributed by atoms with van der Waals surface area (Å²) in [5.74, 6) is 1.06. The van der Waals surface area contributed by atoms with Crippen LogP contribution in [-0.2, 0) is 14.9 Å². The summed E-state index contributed by atoms with van der Waals surface area (Å²) >= 11 is 0. The number of hydrogen-bond donors (Lipinski definition) is 0. The zero-order chi connectivity index (χ0) is 18.0. The van der Waals surface area contributed by atoms with Crippen molar-refractivity contribution >= 4 is 16.2 Å². The Morgan fingerprint density at radius 3 is 2.36 bits per heavy atom. The number of morpholine rings is 1. The van der Waals surface area contributed by atoms with Gasteiger partial charge >= 0.3 is 0 Å². The fourth-order valence-corrected chi connectivity index (χ4v) is 4.95. The van der Waals surface area contributed by atoms with Crippen LogP contribution in [0.25, 0.3) is 0 Å². The highest BCUT2D eigenvalue weighted by molar-refractivity contribution is 7.86. The van der Waals surface area contributed by atoms with Crippen LogP contribution in [0.1, 0.15) is 13.8 Å². The van der Waals surface area contributed by atoms with Crippen LogP contribution in [0.3, 0.4) is 0 Å². The molecule has 140 valence electrons. The molecule has 0 unspecified atom stereocenters. The summed E-state index contributed by atoms with van der Waals surface area (Å²) < 4.78 is 39.6. The Hall–Kier alpha value is -1.49. The number of hydrogen-bond acceptors (Lipinski definition) is 7. The molecule has 0 aliphatic carbocycles. The van der Waals surface area contributed by atoms with Crippen molar-refractivity contribution < 1.29 is 17.9 Å². The van der Waals surface area contributed by atoms with E-state index in [4.69, 9.17) is 9.47 Å². The summed E-state index contributed by atoms with van der Waals surface area (Å²) in [5, 5.41) is 0. The number of aromatic nitrogens is 2. The number of rotatable bonds is 4. The highest BCUT2D eigenvalue weighted by atomic mass is 32.2. The van der Waals surface area contributed by atoms with Crippen LogP contribution in [0.15, 0.2) is 12.3 Å². The van der Waals surface area contributed by atoms with Gasteiger partial charge in [0.05, 0.1) is 19.3 Å². The van der Waals surface area contributed by atoms with Crippen molar-refractivity contribution in [3.05, 3.63) is 12.3 Å². The summed E-state index contributed by atoms with van der Waals surface area (Å²) in [6.45, 7) is 6.49. The quantitative estimate of drug-likeness (QED) is 0.734. The molecule has 0 aromatic carbocycles. The third-order valence-corrected chi connectivity index (χ3v) is 6.36. The molecule has 0 N–H and O–H groups in total. The van der Waals surface area contributed by atoms with Crippen LogP contribution in [-0.4, -0.2) is 85.6 Å². The van der Waals surface area contributed by atoms with E-state index in [9.17, 15) is 8.42 Å². The van der Waals surface area contributed by atoms with Crippen LogP contribution < -0.4 is 9.64 Å². The first-order valence-electron chi connectivity index (χ1n) is 8.43. The first kappa shape index (κ1) is 18.3. The monoisotopic (exact) mass is 371 g/mol. The first-order valence-corrected chi connectivity index (χ1v) is 9.82. The minimum absolute atomic E-state index is 0.0926. The van der Waals surface area contributed by atoms with Crippen molar-refractivity contribution in [2.24, 2.45) is 0 Å². The molecule has 10 heteroatoms. The second-order valence-electron chi connectivity index (χ2n) is 6.37. The number of methoxy groups -OCH3 is 1. The van der Waals surface area contributed by atoms with Crippen molar-refractivity contribution in [1.82, 2.24) is 18.6 Å². The van der Waals surface area contributed by atoms with E-state index in [2.05, 4.69) is 9.97 Å². The maximum absolute atomic E-state index is 12.9. The number of piperazine rings is 1. The molecular formula is C15H25N5O4S. The number of nitrogens with zero attached hydrogens (tertiary/aromatic N) is 5. The smallest absolute Gasteiger partial charge is 0.282 e. The molecule has 1 aromatic rings. The first-order chi connectivity index (χ1) is 11.9. The van der Waals surface area contributed by atoms with Crippen molar-refractivity contribution in [1.29, 1.82) is 0 Å². The summed E-state index contributed by atoms with van der Waals surface area (Å²) in [5.41, 5.74) is 0. The lowest BCUT2D eigenvalue weighted by Gasteiger charge is -2.40. The molecule has 0 radical (unpaired) electrons. The lowest BCUT2D eigenvalue weighted by Crippen LogP contribution is -2.57. The van der Waals surface area contributed by atoms with Crippen molar-refractivity contribution in [2.45, 2.75) is 26.1 Å². The SMILES string of the molecule is COc1ccnc(N2CCN(S(=O)(=O)N3C[C@@H](C)O[C@H](C)C3)CC2)n1. The molecule has 0 amide bonds. The van der Waals surface area contributed by atoms with Crippen molar-refractivity contribution in [3.8, 4) is 5.88 Å². The van der Waals surface area contributed by atoms with Gasteiger partial charge in [0.15, 0.2) is 0 Å². The van der Waals surface area contributed by atoms with Gasteiger partial charge in [0.25, 0.3) is 10.2 Å². The largest absolute Gasteiger partial charge is 0.481 e. The zero-order valence-electron chi connectivity index (χ0n) is 14.8. The Bertz CT molecular complexity index is 683. The maximum atomic E-state index is 12.9. The van der Waals surface area contributed by atoms with E-state index < -0.39 is 10.2 Å². The van der Waals surface area contributed by atoms with Crippen molar-refractivity contribution in [2.75, 3.05) is 51.3 Å². The Labute approximate surface area is 148 Å². The maximum Gasteiger partial charge on any atom is 0.282 e. The van der Waals surface area contributed by atoms with Gasteiger partial charge in [-0.15, -0.1) is 0 Å². The van der Waals surface area contributed by atoms with Gasteiger partial charge in [-0.1, -0.05) is 0 Å². The fourth-order valence-electron chi connectivity index (χ4n) is 3.20. The average Bonchev–Trinajstić information content (AvgIpc) is 2.61. The van der Waals surface area contributed by atoms with E-state index in [0.29, 0.717) is 51.1 Å². The van der Waals surface area contributed by atoms with Crippen LogP contribution in [0.5, 0.6) is 5.88 Å². The van der Waals surface area contributed by atoms with Gasteiger partial charge in [-0.05, 0) is 13.8 Å². The molecule has 9 nitrogen and oxygen atoms in total. The molecule has 3 heterocycles.